The zero-order valence-corrected chi connectivity index (χ0v) is 12.2. The van der Waals surface area contributed by atoms with Crippen LogP contribution in [0.5, 0.6) is 0 Å². The maximum atomic E-state index is 9.14. The Morgan fingerprint density at radius 3 is 2.26 bits per heavy atom. The highest BCUT2D eigenvalue weighted by Crippen LogP contribution is 2.24. The molecule has 0 unspecified atom stereocenters. The van der Waals surface area contributed by atoms with Gasteiger partial charge in [0.25, 0.3) is 0 Å². The summed E-state index contributed by atoms with van der Waals surface area (Å²) in [5.74, 6) is 1.15. The lowest BCUT2D eigenvalue weighted by molar-refractivity contribution is 0.175. The van der Waals surface area contributed by atoms with Gasteiger partial charge in [-0.3, -0.25) is 0 Å². The van der Waals surface area contributed by atoms with E-state index >= 15 is 0 Å². The minimum Gasteiger partial charge on any atom is -0.396 e. The van der Waals surface area contributed by atoms with Crippen molar-refractivity contribution in [3.05, 3.63) is 35.4 Å². The van der Waals surface area contributed by atoms with Crippen molar-refractivity contribution in [1.29, 1.82) is 0 Å². The van der Waals surface area contributed by atoms with Gasteiger partial charge in [-0.05, 0) is 48.6 Å². The SMILES string of the molecule is CC(C)c1ccc(CNC2CCC(CO)CC2)cc1. The third-order valence-electron chi connectivity index (χ3n) is 4.35. The van der Waals surface area contributed by atoms with Crippen molar-refractivity contribution >= 4 is 0 Å². The van der Waals surface area contributed by atoms with Gasteiger partial charge in [0.05, 0.1) is 0 Å². The van der Waals surface area contributed by atoms with Crippen molar-refractivity contribution in [2.75, 3.05) is 6.61 Å². The first-order valence-corrected chi connectivity index (χ1v) is 7.62. The average molecular weight is 261 g/mol. The minimum atomic E-state index is 0.364. The van der Waals surface area contributed by atoms with Crippen LogP contribution < -0.4 is 5.32 Å². The van der Waals surface area contributed by atoms with Crippen molar-refractivity contribution < 1.29 is 5.11 Å². The third-order valence-corrected chi connectivity index (χ3v) is 4.35. The molecule has 0 saturated heterocycles. The van der Waals surface area contributed by atoms with Gasteiger partial charge in [-0.2, -0.15) is 0 Å². The monoisotopic (exact) mass is 261 g/mol. The fraction of sp³-hybridized carbons (Fsp3) is 0.647. The van der Waals surface area contributed by atoms with Crippen LogP contribution in [-0.2, 0) is 6.54 Å². The quantitative estimate of drug-likeness (QED) is 0.851. The van der Waals surface area contributed by atoms with Gasteiger partial charge in [0.1, 0.15) is 0 Å². The van der Waals surface area contributed by atoms with E-state index in [9.17, 15) is 0 Å². The van der Waals surface area contributed by atoms with Crippen LogP contribution in [0.2, 0.25) is 0 Å². The number of hydrogen-bond donors (Lipinski definition) is 2. The van der Waals surface area contributed by atoms with Gasteiger partial charge in [-0.1, -0.05) is 38.1 Å². The number of benzene rings is 1. The predicted octanol–water partition coefficient (Wildman–Crippen LogP) is 3.45. The summed E-state index contributed by atoms with van der Waals surface area (Å²) in [5, 5.41) is 12.8. The molecule has 2 heteroatoms. The van der Waals surface area contributed by atoms with Gasteiger partial charge < -0.3 is 10.4 Å². The molecule has 0 spiro atoms. The maximum absolute atomic E-state index is 9.14. The van der Waals surface area contributed by atoms with Gasteiger partial charge >= 0.3 is 0 Å². The first-order chi connectivity index (χ1) is 9.19. The molecule has 0 bridgehead atoms. The first-order valence-electron chi connectivity index (χ1n) is 7.62. The molecule has 106 valence electrons. The lowest BCUT2D eigenvalue weighted by Gasteiger charge is -2.28. The summed E-state index contributed by atoms with van der Waals surface area (Å²) in [5.41, 5.74) is 2.78. The van der Waals surface area contributed by atoms with Crippen LogP contribution in [0.3, 0.4) is 0 Å². The van der Waals surface area contributed by atoms with Gasteiger partial charge in [0.15, 0.2) is 0 Å². The zero-order valence-electron chi connectivity index (χ0n) is 12.2. The van der Waals surface area contributed by atoms with E-state index in [4.69, 9.17) is 5.11 Å². The highest BCUT2D eigenvalue weighted by molar-refractivity contribution is 5.24. The Hall–Kier alpha value is -0.860. The van der Waals surface area contributed by atoms with Gasteiger partial charge in [0, 0.05) is 19.2 Å². The molecule has 0 radical (unpaired) electrons. The fourth-order valence-electron chi connectivity index (χ4n) is 2.83. The van der Waals surface area contributed by atoms with Crippen LogP contribution in [0.25, 0.3) is 0 Å². The molecular weight excluding hydrogens is 234 g/mol. The molecule has 0 aromatic heterocycles. The molecule has 0 atom stereocenters. The number of aliphatic hydroxyl groups excluding tert-OH is 1. The number of nitrogens with one attached hydrogen (secondary N) is 1. The van der Waals surface area contributed by atoms with E-state index in [2.05, 4.69) is 43.4 Å². The van der Waals surface area contributed by atoms with Crippen LogP contribution in [0.1, 0.15) is 56.6 Å². The van der Waals surface area contributed by atoms with Gasteiger partial charge in [-0.25, -0.2) is 0 Å². The summed E-state index contributed by atoms with van der Waals surface area (Å²) in [6.45, 7) is 5.79. The highest BCUT2D eigenvalue weighted by Gasteiger charge is 2.19. The first kappa shape index (κ1) is 14.5. The van der Waals surface area contributed by atoms with Crippen LogP contribution in [0, 0.1) is 5.92 Å². The number of hydrogen-bond acceptors (Lipinski definition) is 2. The average Bonchev–Trinajstić information content (AvgIpc) is 2.46. The Morgan fingerprint density at radius 1 is 1.11 bits per heavy atom. The van der Waals surface area contributed by atoms with Crippen molar-refractivity contribution in [1.82, 2.24) is 5.32 Å². The predicted molar refractivity (Wildman–Crippen MR) is 80.2 cm³/mol. The minimum absolute atomic E-state index is 0.364. The largest absolute Gasteiger partial charge is 0.396 e. The van der Waals surface area contributed by atoms with Crippen LogP contribution in [0.15, 0.2) is 24.3 Å². The zero-order chi connectivity index (χ0) is 13.7. The molecule has 2 nitrogen and oxygen atoms in total. The van der Waals surface area contributed by atoms with Crippen molar-refractivity contribution in [3.8, 4) is 0 Å². The molecule has 1 aromatic carbocycles. The Kier molecular flexibility index (Phi) is 5.41. The summed E-state index contributed by atoms with van der Waals surface area (Å²) in [7, 11) is 0. The second kappa shape index (κ2) is 7.06. The molecule has 1 fully saturated rings. The summed E-state index contributed by atoms with van der Waals surface area (Å²) < 4.78 is 0. The van der Waals surface area contributed by atoms with E-state index in [1.165, 1.54) is 36.8 Å². The van der Waals surface area contributed by atoms with Gasteiger partial charge in [0.2, 0.25) is 0 Å². The van der Waals surface area contributed by atoms with E-state index in [0.29, 0.717) is 24.5 Å². The molecule has 2 rings (SSSR count). The molecule has 1 saturated carbocycles. The van der Waals surface area contributed by atoms with E-state index < -0.39 is 0 Å². The van der Waals surface area contributed by atoms with Crippen LogP contribution in [-0.4, -0.2) is 17.8 Å². The van der Waals surface area contributed by atoms with E-state index in [1.807, 2.05) is 0 Å². The number of rotatable bonds is 5. The summed E-state index contributed by atoms with van der Waals surface area (Å²) in [6, 6.07) is 9.59. The second-order valence-electron chi connectivity index (χ2n) is 6.18. The summed E-state index contributed by atoms with van der Waals surface area (Å²) >= 11 is 0. The number of aliphatic hydroxyl groups is 1. The Bertz CT molecular complexity index is 363. The summed E-state index contributed by atoms with van der Waals surface area (Å²) in [6.07, 6.45) is 4.74. The topological polar surface area (TPSA) is 32.3 Å². The second-order valence-corrected chi connectivity index (χ2v) is 6.18. The molecule has 1 aliphatic carbocycles. The van der Waals surface area contributed by atoms with Gasteiger partial charge in [-0.15, -0.1) is 0 Å². The molecule has 0 aliphatic heterocycles. The molecule has 1 aromatic rings. The maximum Gasteiger partial charge on any atom is 0.0459 e. The van der Waals surface area contributed by atoms with E-state index in [1.54, 1.807) is 0 Å². The summed E-state index contributed by atoms with van der Waals surface area (Å²) in [4.78, 5) is 0. The smallest absolute Gasteiger partial charge is 0.0459 e. The van der Waals surface area contributed by atoms with Crippen LogP contribution >= 0.6 is 0 Å². The van der Waals surface area contributed by atoms with Crippen LogP contribution in [0.4, 0.5) is 0 Å². The van der Waals surface area contributed by atoms with E-state index in [0.717, 1.165) is 6.54 Å². The van der Waals surface area contributed by atoms with Crippen molar-refractivity contribution in [3.63, 3.8) is 0 Å². The molecule has 1 aliphatic rings. The lowest BCUT2D eigenvalue weighted by Crippen LogP contribution is -2.33. The normalized spacial score (nSPS) is 23.8. The lowest BCUT2D eigenvalue weighted by atomic mass is 9.86. The molecule has 0 amide bonds. The Morgan fingerprint density at radius 2 is 1.74 bits per heavy atom. The standard InChI is InChI=1S/C17H27NO/c1-13(2)16-7-3-14(4-8-16)11-18-17-9-5-15(12-19)6-10-17/h3-4,7-8,13,15,17-19H,5-6,9-12H2,1-2H3. The van der Waals surface area contributed by atoms with E-state index in [-0.39, 0.29) is 0 Å². The third kappa shape index (κ3) is 4.32. The Labute approximate surface area is 117 Å². The van der Waals surface area contributed by atoms with Crippen molar-refractivity contribution in [2.45, 2.75) is 58.0 Å². The molecule has 0 heterocycles. The molecule has 2 N–H and O–H groups in total. The molecule has 19 heavy (non-hydrogen) atoms. The highest BCUT2D eigenvalue weighted by atomic mass is 16.3. The van der Waals surface area contributed by atoms with Crippen molar-refractivity contribution in [2.24, 2.45) is 5.92 Å². The fourth-order valence-corrected chi connectivity index (χ4v) is 2.83. The Balaban J connectivity index is 1.76. The molecular formula is C17H27NO.